The summed E-state index contributed by atoms with van der Waals surface area (Å²) in [6, 6.07) is 0.678. The van der Waals surface area contributed by atoms with Crippen molar-refractivity contribution in [2.45, 2.75) is 71.8 Å². The van der Waals surface area contributed by atoms with E-state index in [0.29, 0.717) is 6.04 Å². The SMILES string of the molecule is CCCCCCCC(NCC)C(C)CCOC. The lowest BCUT2D eigenvalue weighted by Gasteiger charge is -2.24. The zero-order valence-electron chi connectivity index (χ0n) is 12.4. The molecule has 104 valence electrons. The molecular formula is C15H33NO. The van der Waals surface area contributed by atoms with Gasteiger partial charge in [-0.2, -0.15) is 0 Å². The number of ether oxygens (including phenoxy) is 1. The minimum Gasteiger partial charge on any atom is -0.385 e. The molecule has 0 aliphatic carbocycles. The van der Waals surface area contributed by atoms with E-state index in [1.807, 2.05) is 0 Å². The van der Waals surface area contributed by atoms with Crippen molar-refractivity contribution >= 4 is 0 Å². The summed E-state index contributed by atoms with van der Waals surface area (Å²) in [5, 5.41) is 3.63. The lowest BCUT2D eigenvalue weighted by Crippen LogP contribution is -2.35. The maximum Gasteiger partial charge on any atom is 0.0465 e. The molecule has 2 nitrogen and oxygen atoms in total. The highest BCUT2D eigenvalue weighted by Gasteiger charge is 2.15. The second kappa shape index (κ2) is 12.4. The van der Waals surface area contributed by atoms with Crippen LogP contribution >= 0.6 is 0 Å². The highest BCUT2D eigenvalue weighted by Crippen LogP contribution is 2.16. The average molecular weight is 243 g/mol. The van der Waals surface area contributed by atoms with Crippen molar-refractivity contribution in [1.29, 1.82) is 0 Å². The van der Waals surface area contributed by atoms with Crippen LogP contribution in [0.4, 0.5) is 0 Å². The van der Waals surface area contributed by atoms with E-state index >= 15 is 0 Å². The molecule has 0 aliphatic heterocycles. The Kier molecular flexibility index (Phi) is 12.3. The van der Waals surface area contributed by atoms with Gasteiger partial charge in [0.2, 0.25) is 0 Å². The normalized spacial score (nSPS) is 14.8. The van der Waals surface area contributed by atoms with E-state index in [0.717, 1.165) is 19.1 Å². The van der Waals surface area contributed by atoms with Crippen molar-refractivity contribution in [2.75, 3.05) is 20.3 Å². The molecule has 2 heteroatoms. The number of hydrogen-bond donors (Lipinski definition) is 1. The summed E-state index contributed by atoms with van der Waals surface area (Å²) in [6.45, 7) is 8.79. The molecule has 0 fully saturated rings. The van der Waals surface area contributed by atoms with Gasteiger partial charge >= 0.3 is 0 Å². The van der Waals surface area contributed by atoms with Crippen LogP contribution in [0.3, 0.4) is 0 Å². The fourth-order valence-corrected chi connectivity index (χ4v) is 2.32. The van der Waals surface area contributed by atoms with Crippen molar-refractivity contribution in [3.8, 4) is 0 Å². The standard InChI is InChI=1S/C15H33NO/c1-5-7-8-9-10-11-15(16-6-2)14(3)12-13-17-4/h14-16H,5-13H2,1-4H3. The smallest absolute Gasteiger partial charge is 0.0465 e. The predicted octanol–water partition coefficient (Wildman–Crippen LogP) is 4.00. The van der Waals surface area contributed by atoms with Gasteiger partial charge in [0.15, 0.2) is 0 Å². The van der Waals surface area contributed by atoms with Crippen LogP contribution in [0, 0.1) is 5.92 Å². The van der Waals surface area contributed by atoms with Crippen molar-refractivity contribution in [3.05, 3.63) is 0 Å². The van der Waals surface area contributed by atoms with Gasteiger partial charge < -0.3 is 10.1 Å². The summed E-state index contributed by atoms with van der Waals surface area (Å²) in [5.74, 6) is 0.723. The molecule has 0 saturated carbocycles. The summed E-state index contributed by atoms with van der Waals surface area (Å²) < 4.78 is 5.17. The Morgan fingerprint density at radius 3 is 2.29 bits per heavy atom. The Hall–Kier alpha value is -0.0800. The van der Waals surface area contributed by atoms with Gasteiger partial charge in [0, 0.05) is 19.8 Å². The van der Waals surface area contributed by atoms with Crippen molar-refractivity contribution in [2.24, 2.45) is 5.92 Å². The summed E-state index contributed by atoms with van der Waals surface area (Å²) >= 11 is 0. The van der Waals surface area contributed by atoms with Gasteiger partial charge in [0.25, 0.3) is 0 Å². The first-order chi connectivity index (χ1) is 8.26. The van der Waals surface area contributed by atoms with E-state index in [2.05, 4.69) is 26.1 Å². The summed E-state index contributed by atoms with van der Waals surface area (Å²) in [5.41, 5.74) is 0. The largest absolute Gasteiger partial charge is 0.385 e. The van der Waals surface area contributed by atoms with Crippen molar-refractivity contribution < 1.29 is 4.74 Å². The predicted molar refractivity (Wildman–Crippen MR) is 76.5 cm³/mol. The lowest BCUT2D eigenvalue weighted by atomic mass is 9.93. The molecule has 0 heterocycles. The molecule has 0 spiro atoms. The summed E-state index contributed by atoms with van der Waals surface area (Å²) in [4.78, 5) is 0. The molecule has 0 rings (SSSR count). The quantitative estimate of drug-likeness (QED) is 0.523. The molecule has 2 atom stereocenters. The molecule has 0 aromatic carbocycles. The molecule has 1 N–H and O–H groups in total. The van der Waals surface area contributed by atoms with Crippen LogP contribution in [0.5, 0.6) is 0 Å². The first-order valence-corrected chi connectivity index (χ1v) is 7.48. The molecule has 0 aromatic rings. The monoisotopic (exact) mass is 243 g/mol. The minimum atomic E-state index is 0.678. The zero-order chi connectivity index (χ0) is 12.9. The third-order valence-electron chi connectivity index (χ3n) is 3.55. The van der Waals surface area contributed by atoms with Crippen LogP contribution in [-0.4, -0.2) is 26.3 Å². The van der Waals surface area contributed by atoms with Gasteiger partial charge in [0.05, 0.1) is 0 Å². The fourth-order valence-electron chi connectivity index (χ4n) is 2.32. The third kappa shape index (κ3) is 9.61. The first kappa shape index (κ1) is 16.9. The maximum absolute atomic E-state index is 5.17. The van der Waals surface area contributed by atoms with Gasteiger partial charge in [-0.25, -0.2) is 0 Å². The second-order valence-electron chi connectivity index (χ2n) is 5.13. The fraction of sp³-hybridized carbons (Fsp3) is 1.00. The first-order valence-electron chi connectivity index (χ1n) is 7.48. The van der Waals surface area contributed by atoms with Crippen LogP contribution in [0.2, 0.25) is 0 Å². The lowest BCUT2D eigenvalue weighted by molar-refractivity contribution is 0.168. The average Bonchev–Trinajstić information content (AvgIpc) is 2.34. The van der Waals surface area contributed by atoms with E-state index in [9.17, 15) is 0 Å². The third-order valence-corrected chi connectivity index (χ3v) is 3.55. The Morgan fingerprint density at radius 1 is 1.00 bits per heavy atom. The molecule has 0 bridgehead atoms. The highest BCUT2D eigenvalue weighted by molar-refractivity contribution is 4.73. The zero-order valence-corrected chi connectivity index (χ0v) is 12.4. The van der Waals surface area contributed by atoms with Crippen LogP contribution < -0.4 is 5.32 Å². The molecule has 2 unspecified atom stereocenters. The molecule has 0 amide bonds. The Balaban J connectivity index is 3.72. The molecule has 0 radical (unpaired) electrons. The summed E-state index contributed by atoms with van der Waals surface area (Å²) in [7, 11) is 1.79. The number of rotatable bonds is 12. The molecule has 17 heavy (non-hydrogen) atoms. The second-order valence-corrected chi connectivity index (χ2v) is 5.13. The number of unbranched alkanes of at least 4 members (excludes halogenated alkanes) is 4. The van der Waals surface area contributed by atoms with Gasteiger partial charge in [-0.3, -0.25) is 0 Å². The summed E-state index contributed by atoms with van der Waals surface area (Å²) in [6.07, 6.45) is 9.39. The molecule has 0 aliphatic rings. The Bertz CT molecular complexity index is 150. The number of hydrogen-bond acceptors (Lipinski definition) is 2. The Labute approximate surface area is 109 Å². The van der Waals surface area contributed by atoms with Crippen LogP contribution in [0.15, 0.2) is 0 Å². The van der Waals surface area contributed by atoms with E-state index in [-0.39, 0.29) is 0 Å². The van der Waals surface area contributed by atoms with Gasteiger partial charge in [-0.15, -0.1) is 0 Å². The van der Waals surface area contributed by atoms with E-state index < -0.39 is 0 Å². The van der Waals surface area contributed by atoms with E-state index in [4.69, 9.17) is 4.74 Å². The number of nitrogens with one attached hydrogen (secondary N) is 1. The van der Waals surface area contributed by atoms with Crippen molar-refractivity contribution in [3.63, 3.8) is 0 Å². The highest BCUT2D eigenvalue weighted by atomic mass is 16.5. The van der Waals surface area contributed by atoms with E-state index in [1.165, 1.54) is 44.9 Å². The van der Waals surface area contributed by atoms with Crippen LogP contribution in [-0.2, 0) is 4.74 Å². The minimum absolute atomic E-state index is 0.678. The topological polar surface area (TPSA) is 21.3 Å². The number of methoxy groups -OCH3 is 1. The van der Waals surface area contributed by atoms with E-state index in [1.54, 1.807) is 7.11 Å². The van der Waals surface area contributed by atoms with Gasteiger partial charge in [-0.05, 0) is 25.3 Å². The van der Waals surface area contributed by atoms with Gasteiger partial charge in [0.1, 0.15) is 0 Å². The van der Waals surface area contributed by atoms with Crippen LogP contribution in [0.1, 0.15) is 65.7 Å². The Morgan fingerprint density at radius 2 is 1.71 bits per heavy atom. The maximum atomic E-state index is 5.17. The van der Waals surface area contributed by atoms with Crippen LogP contribution in [0.25, 0.3) is 0 Å². The molecular weight excluding hydrogens is 210 g/mol. The molecule has 0 aromatic heterocycles. The van der Waals surface area contributed by atoms with Crippen molar-refractivity contribution in [1.82, 2.24) is 5.32 Å². The van der Waals surface area contributed by atoms with Gasteiger partial charge in [-0.1, -0.05) is 52.9 Å². The molecule has 0 saturated heterocycles.